The van der Waals surface area contributed by atoms with Crippen LogP contribution < -0.4 is 19.1 Å². The largest absolute Gasteiger partial charge is 0.497 e. The van der Waals surface area contributed by atoms with Crippen LogP contribution in [0.5, 0.6) is 17.2 Å². The van der Waals surface area contributed by atoms with Gasteiger partial charge in [-0.05, 0) is 77.9 Å². The first-order valence-corrected chi connectivity index (χ1v) is 16.0. The summed E-state index contributed by atoms with van der Waals surface area (Å²) in [6.45, 7) is 2.38. The van der Waals surface area contributed by atoms with E-state index in [0.29, 0.717) is 48.8 Å². The molecular weight excluding hydrogens is 578 g/mol. The number of carbonyl (C=O) groups is 2. The first-order chi connectivity index (χ1) is 22.5. The Morgan fingerprint density at radius 1 is 0.739 bits per heavy atom. The molecule has 1 unspecified atom stereocenters. The number of rotatable bonds is 15. The Morgan fingerprint density at radius 3 is 1.98 bits per heavy atom. The van der Waals surface area contributed by atoms with Gasteiger partial charge in [-0.15, -0.1) is 0 Å². The number of amides is 1. The van der Waals surface area contributed by atoms with Gasteiger partial charge in [0.2, 0.25) is 5.91 Å². The minimum Gasteiger partial charge on any atom is -0.497 e. The van der Waals surface area contributed by atoms with Crippen molar-refractivity contribution in [3.8, 4) is 28.4 Å². The summed E-state index contributed by atoms with van der Waals surface area (Å²) in [6.07, 6.45) is 4.15. The van der Waals surface area contributed by atoms with Gasteiger partial charge < -0.3 is 18.9 Å². The molecule has 0 radical (unpaired) electrons. The summed E-state index contributed by atoms with van der Waals surface area (Å²) in [4.78, 5) is 28.6. The predicted molar refractivity (Wildman–Crippen MR) is 181 cm³/mol. The lowest BCUT2D eigenvalue weighted by atomic mass is 9.96. The third-order valence-corrected chi connectivity index (χ3v) is 8.83. The average Bonchev–Trinajstić information content (AvgIpc) is 3.42. The predicted octanol–water partition coefficient (Wildman–Crippen LogP) is 8.71. The average molecular weight is 622 g/mol. The standard InChI is InChI=1S/C39H43NO6/c1-5-27(39(42)40(28-19-21-29(43-2)22-20-28)36-24-23-30(44-3)25-37(36)45-4)13-7-6-8-18-38(41)46-26-35-33-16-11-9-14-31(33)32-15-10-12-17-34(32)35/h9-12,14-17,19-25,27,35H,5-8,13,18,26H2,1-4H3. The highest BCUT2D eigenvalue weighted by Crippen LogP contribution is 2.44. The Morgan fingerprint density at radius 2 is 1.37 bits per heavy atom. The highest BCUT2D eigenvalue weighted by molar-refractivity contribution is 6.03. The molecule has 240 valence electrons. The maximum Gasteiger partial charge on any atom is 0.305 e. The number of nitrogens with zero attached hydrogens (tertiary/aromatic N) is 1. The van der Waals surface area contributed by atoms with Crippen molar-refractivity contribution in [2.75, 3.05) is 32.8 Å². The number of esters is 1. The van der Waals surface area contributed by atoms with Gasteiger partial charge >= 0.3 is 5.97 Å². The molecule has 1 atom stereocenters. The Hall–Kier alpha value is -4.78. The zero-order chi connectivity index (χ0) is 32.5. The Balaban J connectivity index is 1.17. The topological polar surface area (TPSA) is 74.3 Å². The smallest absolute Gasteiger partial charge is 0.305 e. The summed E-state index contributed by atoms with van der Waals surface area (Å²) in [7, 11) is 4.80. The molecule has 4 aromatic rings. The zero-order valence-electron chi connectivity index (χ0n) is 27.2. The molecule has 7 heteroatoms. The number of anilines is 2. The van der Waals surface area contributed by atoms with E-state index in [1.165, 1.54) is 22.3 Å². The molecule has 1 amide bonds. The fraction of sp³-hybridized carbons (Fsp3) is 0.333. The first kappa shape index (κ1) is 32.6. The van der Waals surface area contributed by atoms with Gasteiger partial charge in [0.25, 0.3) is 0 Å². The van der Waals surface area contributed by atoms with Crippen LogP contribution in [0.25, 0.3) is 11.1 Å². The van der Waals surface area contributed by atoms with Gasteiger partial charge in [0.05, 0.1) is 27.0 Å². The second-order valence-electron chi connectivity index (χ2n) is 11.5. The first-order valence-electron chi connectivity index (χ1n) is 16.0. The number of hydrogen-bond donors (Lipinski definition) is 0. The van der Waals surface area contributed by atoms with Crippen molar-refractivity contribution in [1.29, 1.82) is 0 Å². The molecule has 1 aliphatic carbocycles. The number of ether oxygens (including phenoxy) is 4. The van der Waals surface area contributed by atoms with Crippen LogP contribution >= 0.6 is 0 Å². The Kier molecular flexibility index (Phi) is 11.0. The molecule has 4 aromatic carbocycles. The van der Waals surface area contributed by atoms with Gasteiger partial charge in [-0.3, -0.25) is 14.5 Å². The van der Waals surface area contributed by atoms with Crippen molar-refractivity contribution < 1.29 is 28.5 Å². The van der Waals surface area contributed by atoms with Crippen molar-refractivity contribution in [2.24, 2.45) is 5.92 Å². The van der Waals surface area contributed by atoms with Gasteiger partial charge in [0.15, 0.2) is 0 Å². The van der Waals surface area contributed by atoms with E-state index in [1.807, 2.05) is 67.6 Å². The van der Waals surface area contributed by atoms with E-state index < -0.39 is 0 Å². The molecule has 0 N–H and O–H groups in total. The lowest BCUT2D eigenvalue weighted by Crippen LogP contribution is -2.32. The van der Waals surface area contributed by atoms with Gasteiger partial charge in [0.1, 0.15) is 23.9 Å². The van der Waals surface area contributed by atoms with Gasteiger partial charge in [0, 0.05) is 30.0 Å². The van der Waals surface area contributed by atoms with Gasteiger partial charge in [-0.2, -0.15) is 0 Å². The summed E-state index contributed by atoms with van der Waals surface area (Å²) >= 11 is 0. The lowest BCUT2D eigenvalue weighted by Gasteiger charge is -2.29. The van der Waals surface area contributed by atoms with Crippen LogP contribution in [0.1, 0.15) is 62.5 Å². The van der Waals surface area contributed by atoms with Crippen LogP contribution in [0.15, 0.2) is 91.0 Å². The van der Waals surface area contributed by atoms with E-state index in [4.69, 9.17) is 18.9 Å². The number of hydrogen-bond acceptors (Lipinski definition) is 6. The maximum absolute atomic E-state index is 14.1. The van der Waals surface area contributed by atoms with E-state index in [0.717, 1.165) is 24.9 Å². The normalized spacial score (nSPS) is 12.5. The molecule has 0 aromatic heterocycles. The zero-order valence-corrected chi connectivity index (χ0v) is 27.2. The highest BCUT2D eigenvalue weighted by atomic mass is 16.5. The number of fused-ring (bicyclic) bond motifs is 3. The lowest BCUT2D eigenvalue weighted by molar-refractivity contribution is -0.144. The van der Waals surface area contributed by atoms with Crippen LogP contribution in [0.3, 0.4) is 0 Å². The summed E-state index contributed by atoms with van der Waals surface area (Å²) in [6, 6.07) is 29.6. The van der Waals surface area contributed by atoms with Crippen molar-refractivity contribution in [3.05, 3.63) is 102 Å². The second-order valence-corrected chi connectivity index (χ2v) is 11.5. The molecule has 0 saturated heterocycles. The number of unbranched alkanes of at least 4 members (excludes halogenated alkanes) is 2. The third kappa shape index (κ3) is 7.20. The van der Waals surface area contributed by atoms with E-state index in [1.54, 1.807) is 32.3 Å². The molecule has 0 heterocycles. The summed E-state index contributed by atoms with van der Waals surface area (Å²) in [5.41, 5.74) is 6.23. The summed E-state index contributed by atoms with van der Waals surface area (Å²) in [5.74, 6) is 1.57. The van der Waals surface area contributed by atoms with Crippen molar-refractivity contribution in [2.45, 2.75) is 51.4 Å². The number of benzene rings is 4. The van der Waals surface area contributed by atoms with Crippen molar-refractivity contribution >= 4 is 23.3 Å². The number of methoxy groups -OCH3 is 3. The molecule has 46 heavy (non-hydrogen) atoms. The molecular formula is C39H43NO6. The maximum atomic E-state index is 14.1. The van der Waals surface area contributed by atoms with Crippen LogP contribution in [0.2, 0.25) is 0 Å². The van der Waals surface area contributed by atoms with Crippen molar-refractivity contribution in [1.82, 2.24) is 0 Å². The van der Waals surface area contributed by atoms with E-state index in [-0.39, 0.29) is 23.7 Å². The molecule has 5 rings (SSSR count). The molecule has 0 bridgehead atoms. The van der Waals surface area contributed by atoms with Crippen molar-refractivity contribution in [3.63, 3.8) is 0 Å². The Labute approximate surface area is 272 Å². The van der Waals surface area contributed by atoms with Crippen LogP contribution in [-0.4, -0.2) is 39.8 Å². The quantitative estimate of drug-likeness (QED) is 0.0977. The fourth-order valence-electron chi connectivity index (χ4n) is 6.30. The van der Waals surface area contributed by atoms with E-state index in [9.17, 15) is 9.59 Å². The van der Waals surface area contributed by atoms with Crippen LogP contribution in [0, 0.1) is 5.92 Å². The molecule has 1 aliphatic rings. The molecule has 7 nitrogen and oxygen atoms in total. The molecule has 0 saturated carbocycles. The highest BCUT2D eigenvalue weighted by Gasteiger charge is 2.30. The third-order valence-electron chi connectivity index (χ3n) is 8.83. The molecule has 0 aliphatic heterocycles. The van der Waals surface area contributed by atoms with E-state index in [2.05, 4.69) is 24.3 Å². The molecule has 0 fully saturated rings. The second kappa shape index (κ2) is 15.5. The van der Waals surface area contributed by atoms with Gasteiger partial charge in [-0.25, -0.2) is 0 Å². The minimum absolute atomic E-state index is 0.00679. The van der Waals surface area contributed by atoms with Crippen LogP contribution in [-0.2, 0) is 14.3 Å². The van der Waals surface area contributed by atoms with Gasteiger partial charge in [-0.1, -0.05) is 68.3 Å². The summed E-state index contributed by atoms with van der Waals surface area (Å²) < 4.78 is 22.2. The number of carbonyl (C=O) groups excluding carboxylic acids is 2. The fourth-order valence-corrected chi connectivity index (χ4v) is 6.30. The van der Waals surface area contributed by atoms with E-state index >= 15 is 0 Å². The summed E-state index contributed by atoms with van der Waals surface area (Å²) in [5, 5.41) is 0. The molecule has 0 spiro atoms. The Bertz CT molecular complexity index is 1590. The minimum atomic E-state index is -0.205. The SMILES string of the molecule is CCC(CCCCCC(=O)OCC1c2ccccc2-c2ccccc21)C(=O)N(c1ccc(OC)cc1)c1ccc(OC)cc1OC. The monoisotopic (exact) mass is 621 g/mol. The van der Waals surface area contributed by atoms with Crippen LogP contribution in [0.4, 0.5) is 11.4 Å².